The van der Waals surface area contributed by atoms with Crippen LogP contribution in [-0.4, -0.2) is 97.6 Å². The number of rotatable bonds is 11. The number of halogens is 2. The van der Waals surface area contributed by atoms with Crippen molar-refractivity contribution < 1.29 is 33.5 Å². The van der Waals surface area contributed by atoms with Crippen molar-refractivity contribution in [1.82, 2.24) is 35.3 Å². The van der Waals surface area contributed by atoms with E-state index in [9.17, 15) is 28.8 Å². The van der Waals surface area contributed by atoms with Crippen LogP contribution in [-0.2, 0) is 19.2 Å². The van der Waals surface area contributed by atoms with Gasteiger partial charge in [0.05, 0.1) is 32.4 Å². The zero-order valence-electron chi connectivity index (χ0n) is 32.2. The van der Waals surface area contributed by atoms with Crippen molar-refractivity contribution in [1.29, 1.82) is 0 Å². The third-order valence-corrected chi connectivity index (χ3v) is 12.1. The van der Waals surface area contributed by atoms with Crippen LogP contribution in [0.2, 0.25) is 10.0 Å². The number of anilines is 2. The highest BCUT2D eigenvalue weighted by molar-refractivity contribution is 6.35. The van der Waals surface area contributed by atoms with Crippen LogP contribution in [0.3, 0.4) is 0 Å². The lowest BCUT2D eigenvalue weighted by atomic mass is 9.72. The highest BCUT2D eigenvalue weighted by Crippen LogP contribution is 2.42. The molecule has 1 unspecified atom stereocenters. The molecule has 6 amide bonds. The van der Waals surface area contributed by atoms with Gasteiger partial charge in [-0.2, -0.15) is 5.10 Å². The van der Waals surface area contributed by atoms with Crippen LogP contribution in [0.1, 0.15) is 71.4 Å². The fourth-order valence-corrected chi connectivity index (χ4v) is 9.20. The minimum absolute atomic E-state index is 0.000378. The molecular formula is C42H37Cl2N9O7. The van der Waals surface area contributed by atoms with Gasteiger partial charge in [0.1, 0.15) is 29.4 Å². The maximum Gasteiger partial charge on any atom is 0.264 e. The van der Waals surface area contributed by atoms with E-state index >= 15 is 0 Å². The van der Waals surface area contributed by atoms with Crippen molar-refractivity contribution in [2.24, 2.45) is 5.41 Å². The lowest BCUT2D eigenvalue weighted by Crippen LogP contribution is -2.73. The number of carbonyl (C=O) groups excluding carboxylic acids is 6. The van der Waals surface area contributed by atoms with Gasteiger partial charge >= 0.3 is 0 Å². The van der Waals surface area contributed by atoms with Crippen molar-refractivity contribution >= 4 is 81.1 Å². The molecule has 9 rings (SSSR count). The Morgan fingerprint density at radius 1 is 0.967 bits per heavy atom. The average molecular weight is 851 g/mol. The molecular weight excluding hydrogens is 813 g/mol. The second-order valence-corrected chi connectivity index (χ2v) is 16.5. The predicted molar refractivity (Wildman–Crippen MR) is 219 cm³/mol. The highest BCUT2D eigenvalue weighted by Gasteiger charge is 2.53. The van der Waals surface area contributed by atoms with Gasteiger partial charge in [-0.1, -0.05) is 29.3 Å². The standard InChI is InChI=1S/C42H37Cl2N9O7/c1-22(36-27(43)16-45-17-28(36)44)60-24-9-10-29-26(14-24)38(50-49-29)23-8-12-32(46-15-23)51-18-42(19-51)20-52(21-42)35(56)7-3-6-33(54)47-30-5-2-4-25-37(30)41(59)53(40(25)58)31-11-13-34(55)48-39(31)57/h2,4-5,8-10,12,14-17,22,31H,3,6-7,11,13,18-21H2,1H3,(H,47,54)(H,49,50)(H,48,55,57)/t22-,31?/m1/s1. The Kier molecular flexibility index (Phi) is 9.99. The molecule has 1 spiro atoms. The minimum atomic E-state index is -1.11. The van der Waals surface area contributed by atoms with Crippen LogP contribution in [0.4, 0.5) is 11.5 Å². The monoisotopic (exact) mass is 849 g/mol. The number of aromatic amines is 1. The van der Waals surface area contributed by atoms with Crippen LogP contribution in [0, 0.1) is 5.41 Å². The number of carbonyl (C=O) groups is 6. The highest BCUT2D eigenvalue weighted by atomic mass is 35.5. The molecule has 3 saturated heterocycles. The van der Waals surface area contributed by atoms with Gasteiger partial charge in [0, 0.05) is 86.0 Å². The van der Waals surface area contributed by atoms with Gasteiger partial charge in [-0.25, -0.2) is 4.98 Å². The molecule has 3 N–H and O–H groups in total. The summed E-state index contributed by atoms with van der Waals surface area (Å²) in [5.74, 6) is -1.52. The largest absolute Gasteiger partial charge is 0.486 e. The molecule has 16 nitrogen and oxygen atoms in total. The van der Waals surface area contributed by atoms with Crippen molar-refractivity contribution in [3.63, 3.8) is 0 Å². The van der Waals surface area contributed by atoms with E-state index in [1.165, 1.54) is 24.5 Å². The van der Waals surface area contributed by atoms with E-state index in [1.807, 2.05) is 42.2 Å². The van der Waals surface area contributed by atoms with E-state index < -0.39 is 41.7 Å². The second kappa shape index (κ2) is 15.3. The van der Waals surface area contributed by atoms with E-state index in [0.29, 0.717) is 40.9 Å². The van der Waals surface area contributed by atoms with Gasteiger partial charge in [-0.05, 0) is 62.2 Å². The fourth-order valence-electron chi connectivity index (χ4n) is 8.53. The first-order chi connectivity index (χ1) is 28.9. The summed E-state index contributed by atoms with van der Waals surface area (Å²) in [6, 6.07) is 13.0. The number of pyridine rings is 2. The number of amides is 6. The first kappa shape index (κ1) is 39.1. The average Bonchev–Trinajstić information content (AvgIpc) is 3.71. The zero-order chi connectivity index (χ0) is 41.9. The Bertz CT molecular complexity index is 2600. The number of imide groups is 2. The lowest BCUT2D eigenvalue weighted by Gasteiger charge is -2.60. The van der Waals surface area contributed by atoms with Crippen LogP contribution < -0.4 is 20.3 Å². The maximum atomic E-state index is 13.3. The number of hydrogen-bond donors (Lipinski definition) is 3. The number of nitrogens with one attached hydrogen (secondary N) is 3. The van der Waals surface area contributed by atoms with E-state index in [4.69, 9.17) is 32.9 Å². The number of aromatic nitrogens is 4. The van der Waals surface area contributed by atoms with E-state index in [2.05, 4.69) is 30.7 Å². The van der Waals surface area contributed by atoms with Gasteiger partial charge in [-0.15, -0.1) is 0 Å². The van der Waals surface area contributed by atoms with Gasteiger partial charge in [-0.3, -0.25) is 49.1 Å². The number of hydrogen-bond acceptors (Lipinski definition) is 11. The zero-order valence-corrected chi connectivity index (χ0v) is 33.7. The molecule has 7 heterocycles. The van der Waals surface area contributed by atoms with Crippen LogP contribution >= 0.6 is 23.2 Å². The van der Waals surface area contributed by atoms with Crippen LogP contribution in [0.25, 0.3) is 22.2 Å². The molecule has 0 saturated carbocycles. The van der Waals surface area contributed by atoms with Gasteiger partial charge in [0.2, 0.25) is 23.6 Å². The Morgan fingerprint density at radius 2 is 1.75 bits per heavy atom. The molecule has 2 atom stereocenters. The van der Waals surface area contributed by atoms with Crippen molar-refractivity contribution in [3.05, 3.63) is 93.9 Å². The summed E-state index contributed by atoms with van der Waals surface area (Å²) in [7, 11) is 0. The maximum absolute atomic E-state index is 13.3. The lowest BCUT2D eigenvalue weighted by molar-refractivity contribution is -0.145. The molecule has 2 aromatic carbocycles. The number of ether oxygens (including phenoxy) is 1. The third kappa shape index (κ3) is 7.08. The molecule has 0 radical (unpaired) electrons. The SMILES string of the molecule is C[C@@H](Oc1ccc2[nH]nc(-c3ccc(N4CC5(CN(C(=O)CCCC(=O)Nc6cccc7c6C(=O)N(C6CCC(=O)NC6=O)C7=O)C5)C4)nc3)c2c1)c1c(Cl)cncc1Cl. The minimum Gasteiger partial charge on any atom is -0.486 e. The van der Waals surface area contributed by atoms with Gasteiger partial charge < -0.3 is 19.9 Å². The first-order valence-electron chi connectivity index (χ1n) is 19.5. The Hall–Kier alpha value is -6.39. The number of nitrogens with zero attached hydrogens (tertiary/aromatic N) is 6. The normalized spacial score (nSPS) is 18.6. The van der Waals surface area contributed by atoms with Crippen LogP contribution in [0.5, 0.6) is 5.75 Å². The van der Waals surface area contributed by atoms with Crippen molar-refractivity contribution in [2.45, 2.75) is 51.2 Å². The van der Waals surface area contributed by atoms with Crippen LogP contribution in [0.15, 0.2) is 67.1 Å². The smallest absolute Gasteiger partial charge is 0.264 e. The Morgan fingerprint density at radius 3 is 2.48 bits per heavy atom. The summed E-state index contributed by atoms with van der Waals surface area (Å²) in [6.07, 6.45) is 5.00. The molecule has 0 bridgehead atoms. The predicted octanol–water partition coefficient (Wildman–Crippen LogP) is 5.33. The number of piperidine rings is 1. The van der Waals surface area contributed by atoms with E-state index in [0.717, 1.165) is 46.0 Å². The summed E-state index contributed by atoms with van der Waals surface area (Å²) in [5, 5.41) is 14.2. The molecule has 306 valence electrons. The fraction of sp³-hybridized carbons (Fsp3) is 0.310. The molecule has 3 aromatic heterocycles. The number of fused-ring (bicyclic) bond motifs is 2. The first-order valence-corrected chi connectivity index (χ1v) is 20.2. The van der Waals surface area contributed by atoms with Gasteiger partial charge in [0.15, 0.2) is 0 Å². The topological polar surface area (TPSA) is 200 Å². The Balaban J connectivity index is 0.740. The molecule has 18 heteroatoms. The summed E-state index contributed by atoms with van der Waals surface area (Å²) in [5.41, 5.74) is 3.31. The molecule has 4 aliphatic rings. The van der Waals surface area contributed by atoms with Gasteiger partial charge in [0.25, 0.3) is 11.8 Å². The van der Waals surface area contributed by atoms with E-state index in [-0.39, 0.29) is 53.8 Å². The van der Waals surface area contributed by atoms with Crippen molar-refractivity contribution in [2.75, 3.05) is 36.4 Å². The summed E-state index contributed by atoms with van der Waals surface area (Å²) in [6.45, 7) is 4.67. The number of H-pyrrole nitrogens is 1. The van der Waals surface area contributed by atoms with E-state index in [1.54, 1.807) is 12.3 Å². The Labute approximate surface area is 352 Å². The second-order valence-electron chi connectivity index (χ2n) is 15.6. The molecule has 60 heavy (non-hydrogen) atoms. The third-order valence-electron chi connectivity index (χ3n) is 11.5. The molecule has 5 aromatic rings. The summed E-state index contributed by atoms with van der Waals surface area (Å²) in [4.78, 5) is 90.0. The molecule has 0 aliphatic carbocycles. The van der Waals surface area contributed by atoms with Crippen molar-refractivity contribution in [3.8, 4) is 17.0 Å². The molecule has 3 fully saturated rings. The quantitative estimate of drug-likeness (QED) is 0.145. The molecule has 4 aliphatic heterocycles. The number of benzene rings is 2. The summed E-state index contributed by atoms with van der Waals surface area (Å²) < 4.78 is 6.21. The summed E-state index contributed by atoms with van der Waals surface area (Å²) >= 11 is 12.7. The number of likely N-dealkylation sites (tertiary alicyclic amines) is 1.